The summed E-state index contributed by atoms with van der Waals surface area (Å²) in [6.45, 7) is 5.66. The van der Waals surface area contributed by atoms with E-state index in [0.717, 1.165) is 5.69 Å². The van der Waals surface area contributed by atoms with Crippen LogP contribution in [0.25, 0.3) is 0 Å². The molecule has 0 aliphatic carbocycles. The van der Waals surface area contributed by atoms with Gasteiger partial charge in [0, 0.05) is 24.9 Å². The minimum Gasteiger partial charge on any atom is -0.443 e. The van der Waals surface area contributed by atoms with Crippen molar-refractivity contribution in [2.24, 2.45) is 0 Å². The van der Waals surface area contributed by atoms with E-state index < -0.39 is 11.7 Å². The third-order valence-corrected chi connectivity index (χ3v) is 3.16. The molecule has 6 nitrogen and oxygen atoms in total. The van der Waals surface area contributed by atoms with Gasteiger partial charge < -0.3 is 9.84 Å². The molecule has 128 valence electrons. The van der Waals surface area contributed by atoms with Gasteiger partial charge in [0.15, 0.2) is 0 Å². The van der Waals surface area contributed by atoms with Gasteiger partial charge in [0.2, 0.25) is 0 Å². The van der Waals surface area contributed by atoms with Crippen molar-refractivity contribution >= 4 is 11.9 Å². The van der Waals surface area contributed by atoms with Gasteiger partial charge in [-0.15, -0.1) is 0 Å². The van der Waals surface area contributed by atoms with Gasteiger partial charge in [-0.25, -0.2) is 9.78 Å². The molecule has 0 spiro atoms. The molecule has 2 aromatic rings. The number of nitrogens with zero attached hydrogens (tertiary/aromatic N) is 3. The van der Waals surface area contributed by atoms with Crippen LogP contribution in [0.2, 0.25) is 0 Å². The highest BCUT2D eigenvalue weighted by atomic mass is 16.6. The number of rotatable bonds is 5. The Morgan fingerprint density at radius 3 is 2.54 bits per heavy atom. The summed E-state index contributed by atoms with van der Waals surface area (Å²) in [6.07, 6.45) is 1.82. The van der Waals surface area contributed by atoms with Gasteiger partial charge in [-0.2, -0.15) is 0 Å². The predicted molar refractivity (Wildman–Crippen MR) is 91.7 cm³/mol. The SMILES string of the molecule is CC(C)(C)OC(=O)N(CCc1ccccn1)c1cccc(CO)n1. The van der Waals surface area contributed by atoms with Crippen LogP contribution in [-0.4, -0.2) is 33.3 Å². The van der Waals surface area contributed by atoms with Gasteiger partial charge in [-0.1, -0.05) is 12.1 Å². The number of anilines is 1. The number of carbonyl (C=O) groups is 1. The molecule has 0 aromatic carbocycles. The predicted octanol–water partition coefficient (Wildman–Crippen LogP) is 2.95. The molecular weight excluding hydrogens is 306 g/mol. The Labute approximate surface area is 142 Å². The van der Waals surface area contributed by atoms with Crippen molar-refractivity contribution < 1.29 is 14.6 Å². The molecule has 2 aromatic heterocycles. The van der Waals surface area contributed by atoms with Crippen LogP contribution in [0.5, 0.6) is 0 Å². The summed E-state index contributed by atoms with van der Waals surface area (Å²) in [5.74, 6) is 0.451. The van der Waals surface area contributed by atoms with Gasteiger partial charge in [0.05, 0.1) is 12.3 Å². The molecule has 0 radical (unpaired) electrons. The van der Waals surface area contributed by atoms with Crippen molar-refractivity contribution in [2.75, 3.05) is 11.4 Å². The van der Waals surface area contributed by atoms with Crippen molar-refractivity contribution in [3.63, 3.8) is 0 Å². The molecule has 0 aliphatic heterocycles. The third kappa shape index (κ3) is 5.31. The highest BCUT2D eigenvalue weighted by Gasteiger charge is 2.24. The molecule has 24 heavy (non-hydrogen) atoms. The Balaban J connectivity index is 2.21. The van der Waals surface area contributed by atoms with E-state index in [1.165, 1.54) is 4.90 Å². The zero-order valence-electron chi connectivity index (χ0n) is 14.3. The molecule has 2 rings (SSSR count). The number of carbonyl (C=O) groups excluding carboxylic acids is 1. The molecular formula is C18H23N3O3. The van der Waals surface area contributed by atoms with Gasteiger partial charge in [-0.3, -0.25) is 9.88 Å². The number of hydrogen-bond acceptors (Lipinski definition) is 5. The summed E-state index contributed by atoms with van der Waals surface area (Å²) in [7, 11) is 0. The molecule has 0 saturated carbocycles. The second-order valence-corrected chi connectivity index (χ2v) is 6.35. The number of hydrogen-bond donors (Lipinski definition) is 1. The Bertz CT molecular complexity index is 669. The maximum atomic E-state index is 12.6. The van der Waals surface area contributed by atoms with E-state index >= 15 is 0 Å². The van der Waals surface area contributed by atoms with Crippen molar-refractivity contribution in [3.8, 4) is 0 Å². The zero-order valence-corrected chi connectivity index (χ0v) is 14.3. The molecule has 0 atom stereocenters. The standard InChI is InChI=1S/C18H23N3O3/c1-18(2,3)24-17(23)21(12-10-14-7-4-5-11-19-14)16-9-6-8-15(13-22)20-16/h4-9,11,22H,10,12-13H2,1-3H3. The Hall–Kier alpha value is -2.47. The fourth-order valence-electron chi connectivity index (χ4n) is 2.09. The highest BCUT2D eigenvalue weighted by Crippen LogP contribution is 2.17. The second-order valence-electron chi connectivity index (χ2n) is 6.35. The maximum Gasteiger partial charge on any atom is 0.416 e. The lowest BCUT2D eigenvalue weighted by molar-refractivity contribution is 0.0579. The van der Waals surface area contributed by atoms with Crippen LogP contribution < -0.4 is 4.90 Å². The first kappa shape index (κ1) is 17.9. The van der Waals surface area contributed by atoms with E-state index in [9.17, 15) is 9.90 Å². The summed E-state index contributed by atoms with van der Waals surface area (Å²) >= 11 is 0. The first-order valence-electron chi connectivity index (χ1n) is 7.86. The summed E-state index contributed by atoms with van der Waals surface area (Å²) in [6, 6.07) is 10.8. The minimum absolute atomic E-state index is 0.184. The molecule has 0 saturated heterocycles. The molecule has 1 amide bonds. The second kappa shape index (κ2) is 7.88. The smallest absolute Gasteiger partial charge is 0.416 e. The minimum atomic E-state index is -0.602. The number of ether oxygens (including phenoxy) is 1. The van der Waals surface area contributed by atoms with E-state index in [1.54, 1.807) is 24.4 Å². The largest absolute Gasteiger partial charge is 0.443 e. The quantitative estimate of drug-likeness (QED) is 0.913. The fraction of sp³-hybridized carbons (Fsp3) is 0.389. The van der Waals surface area contributed by atoms with Gasteiger partial charge in [-0.05, 0) is 45.0 Å². The van der Waals surface area contributed by atoms with E-state index in [0.29, 0.717) is 24.5 Å². The summed E-state index contributed by atoms with van der Waals surface area (Å²) in [4.78, 5) is 22.6. The van der Waals surface area contributed by atoms with Crippen LogP contribution in [0.15, 0.2) is 42.6 Å². The average molecular weight is 329 g/mol. The lowest BCUT2D eigenvalue weighted by Gasteiger charge is -2.27. The third-order valence-electron chi connectivity index (χ3n) is 3.16. The van der Waals surface area contributed by atoms with Crippen LogP contribution in [0.3, 0.4) is 0 Å². The molecule has 1 N–H and O–H groups in total. The molecule has 2 heterocycles. The number of amides is 1. The van der Waals surface area contributed by atoms with E-state index in [4.69, 9.17) is 4.74 Å². The highest BCUT2D eigenvalue weighted by molar-refractivity contribution is 5.86. The number of pyridine rings is 2. The van der Waals surface area contributed by atoms with Gasteiger partial charge in [0.25, 0.3) is 0 Å². The zero-order chi connectivity index (χ0) is 17.6. The summed E-state index contributed by atoms with van der Waals surface area (Å²) < 4.78 is 5.48. The molecule has 6 heteroatoms. The topological polar surface area (TPSA) is 75.5 Å². The molecule has 0 aliphatic rings. The lowest BCUT2D eigenvalue weighted by Crippen LogP contribution is -2.38. The Morgan fingerprint density at radius 1 is 1.17 bits per heavy atom. The Morgan fingerprint density at radius 2 is 1.92 bits per heavy atom. The van der Waals surface area contributed by atoms with Crippen molar-refractivity contribution in [3.05, 3.63) is 54.0 Å². The first-order chi connectivity index (χ1) is 11.4. The average Bonchev–Trinajstić information content (AvgIpc) is 2.54. The van der Waals surface area contributed by atoms with Crippen molar-refractivity contribution in [1.29, 1.82) is 0 Å². The van der Waals surface area contributed by atoms with E-state index in [-0.39, 0.29) is 6.61 Å². The maximum absolute atomic E-state index is 12.6. The van der Waals surface area contributed by atoms with Crippen LogP contribution in [0.1, 0.15) is 32.2 Å². The monoisotopic (exact) mass is 329 g/mol. The van der Waals surface area contributed by atoms with Gasteiger partial charge >= 0.3 is 6.09 Å². The molecule has 0 fully saturated rings. The number of aliphatic hydroxyl groups is 1. The van der Waals surface area contributed by atoms with E-state index in [2.05, 4.69) is 9.97 Å². The van der Waals surface area contributed by atoms with E-state index in [1.807, 2.05) is 39.0 Å². The van der Waals surface area contributed by atoms with Gasteiger partial charge in [0.1, 0.15) is 11.4 Å². The van der Waals surface area contributed by atoms with Crippen LogP contribution in [0, 0.1) is 0 Å². The summed E-state index contributed by atoms with van der Waals surface area (Å²) in [5, 5.41) is 9.27. The van der Waals surface area contributed by atoms with Crippen LogP contribution in [0.4, 0.5) is 10.6 Å². The fourth-order valence-corrected chi connectivity index (χ4v) is 2.09. The number of aromatic nitrogens is 2. The molecule has 0 bridgehead atoms. The van der Waals surface area contributed by atoms with Crippen LogP contribution >= 0.6 is 0 Å². The van der Waals surface area contributed by atoms with Crippen molar-refractivity contribution in [2.45, 2.75) is 39.4 Å². The lowest BCUT2D eigenvalue weighted by atomic mass is 10.2. The van der Waals surface area contributed by atoms with Crippen molar-refractivity contribution in [1.82, 2.24) is 9.97 Å². The molecule has 0 unspecified atom stereocenters. The normalized spacial score (nSPS) is 11.2. The first-order valence-corrected chi connectivity index (χ1v) is 7.86. The Kier molecular flexibility index (Phi) is 5.87. The number of aliphatic hydroxyl groups excluding tert-OH is 1. The van der Waals surface area contributed by atoms with Crippen LogP contribution in [-0.2, 0) is 17.8 Å². The summed E-state index contributed by atoms with van der Waals surface area (Å²) in [5.41, 5.74) is 0.776.